The van der Waals surface area contributed by atoms with Crippen molar-refractivity contribution in [3.05, 3.63) is 42.6 Å². The maximum Gasteiger partial charge on any atom is 0.147 e. The van der Waals surface area contributed by atoms with Gasteiger partial charge in [-0.1, -0.05) is 23.9 Å². The molecule has 1 aromatic heterocycles. The molecule has 5 nitrogen and oxygen atoms in total. The highest BCUT2D eigenvalue weighted by atomic mass is 32.2. The van der Waals surface area contributed by atoms with Gasteiger partial charge in [-0.15, -0.1) is 0 Å². The van der Waals surface area contributed by atoms with Crippen molar-refractivity contribution >= 4 is 23.3 Å². The van der Waals surface area contributed by atoms with Gasteiger partial charge in [0.25, 0.3) is 0 Å². The van der Waals surface area contributed by atoms with Gasteiger partial charge in [-0.3, -0.25) is 4.90 Å². The molecule has 2 aromatic rings. The van der Waals surface area contributed by atoms with Gasteiger partial charge in [0.1, 0.15) is 5.82 Å². The molecule has 1 aromatic carbocycles. The second kappa shape index (κ2) is 8.39. The van der Waals surface area contributed by atoms with E-state index in [9.17, 15) is 0 Å². The third kappa shape index (κ3) is 3.88. The van der Waals surface area contributed by atoms with Crippen molar-refractivity contribution in [2.75, 3.05) is 57.3 Å². The molecule has 3 heterocycles. The predicted molar refractivity (Wildman–Crippen MR) is 106 cm³/mol. The topological polar surface area (TPSA) is 42.8 Å². The first-order valence-corrected chi connectivity index (χ1v) is 10.2. The smallest absolute Gasteiger partial charge is 0.147 e. The number of anilines is 2. The van der Waals surface area contributed by atoms with Gasteiger partial charge in [-0.25, -0.2) is 4.98 Å². The standard InChI is InChI=1S/C20H26N4OS/c25-16-15-23-13-11-22(12-14-23)9-4-10-24-17-5-1-2-6-18(17)26-19-7-3-8-21-20(19)24/h1-3,5-8,25H,4,9-16H2. The number of rotatable bonds is 6. The maximum absolute atomic E-state index is 9.06. The molecule has 0 spiro atoms. The van der Waals surface area contributed by atoms with Crippen LogP contribution >= 0.6 is 11.8 Å². The first kappa shape index (κ1) is 17.8. The van der Waals surface area contributed by atoms with Gasteiger partial charge in [0.2, 0.25) is 0 Å². The molecule has 1 saturated heterocycles. The number of aliphatic hydroxyl groups is 1. The number of piperazine rings is 1. The van der Waals surface area contributed by atoms with Crippen LogP contribution in [0.2, 0.25) is 0 Å². The quantitative estimate of drug-likeness (QED) is 0.843. The monoisotopic (exact) mass is 370 g/mol. The molecule has 2 aliphatic heterocycles. The average Bonchev–Trinajstić information content (AvgIpc) is 2.69. The minimum atomic E-state index is 0.263. The van der Waals surface area contributed by atoms with Gasteiger partial charge in [0, 0.05) is 50.4 Å². The zero-order valence-corrected chi connectivity index (χ0v) is 15.9. The van der Waals surface area contributed by atoms with E-state index in [1.165, 1.54) is 15.5 Å². The molecule has 138 valence electrons. The molecule has 0 aliphatic carbocycles. The molecule has 0 atom stereocenters. The van der Waals surface area contributed by atoms with Crippen LogP contribution in [0.25, 0.3) is 0 Å². The lowest BCUT2D eigenvalue weighted by molar-refractivity contribution is 0.112. The molecule has 26 heavy (non-hydrogen) atoms. The molecular formula is C20H26N4OS. The number of aromatic nitrogens is 1. The molecule has 0 saturated carbocycles. The summed E-state index contributed by atoms with van der Waals surface area (Å²) in [7, 11) is 0. The van der Waals surface area contributed by atoms with E-state index in [-0.39, 0.29) is 6.61 Å². The van der Waals surface area contributed by atoms with E-state index >= 15 is 0 Å². The molecule has 0 amide bonds. The van der Waals surface area contributed by atoms with Crippen molar-refractivity contribution in [2.24, 2.45) is 0 Å². The summed E-state index contributed by atoms with van der Waals surface area (Å²) in [5.41, 5.74) is 1.27. The molecule has 0 unspecified atom stereocenters. The Balaban J connectivity index is 1.38. The Kier molecular flexibility index (Phi) is 5.75. The number of para-hydroxylation sites is 1. The van der Waals surface area contributed by atoms with Crippen LogP contribution in [0.3, 0.4) is 0 Å². The number of fused-ring (bicyclic) bond motifs is 2. The minimum absolute atomic E-state index is 0.263. The Hall–Kier alpha value is -1.60. The first-order chi connectivity index (χ1) is 12.8. The summed E-state index contributed by atoms with van der Waals surface area (Å²) in [6, 6.07) is 12.8. The summed E-state index contributed by atoms with van der Waals surface area (Å²) < 4.78 is 0. The highest BCUT2D eigenvalue weighted by Gasteiger charge is 2.24. The highest BCUT2D eigenvalue weighted by molar-refractivity contribution is 7.99. The van der Waals surface area contributed by atoms with Crippen molar-refractivity contribution in [2.45, 2.75) is 16.2 Å². The van der Waals surface area contributed by atoms with Gasteiger partial charge in [-0.2, -0.15) is 0 Å². The third-order valence-corrected chi connectivity index (χ3v) is 6.22. The minimum Gasteiger partial charge on any atom is -0.395 e. The zero-order valence-electron chi connectivity index (χ0n) is 15.0. The molecular weight excluding hydrogens is 344 g/mol. The molecule has 0 radical (unpaired) electrons. The van der Waals surface area contributed by atoms with Crippen molar-refractivity contribution in [3.8, 4) is 0 Å². The fraction of sp³-hybridized carbons (Fsp3) is 0.450. The van der Waals surface area contributed by atoms with Crippen molar-refractivity contribution in [1.82, 2.24) is 14.8 Å². The lowest BCUT2D eigenvalue weighted by atomic mass is 10.2. The molecule has 0 bridgehead atoms. The second-order valence-electron chi connectivity index (χ2n) is 6.81. The normalized spacial score (nSPS) is 17.8. The lowest BCUT2D eigenvalue weighted by Crippen LogP contribution is -2.47. The van der Waals surface area contributed by atoms with Crippen LogP contribution in [0, 0.1) is 0 Å². The average molecular weight is 371 g/mol. The van der Waals surface area contributed by atoms with Crippen molar-refractivity contribution in [3.63, 3.8) is 0 Å². The van der Waals surface area contributed by atoms with E-state index in [0.29, 0.717) is 0 Å². The van der Waals surface area contributed by atoms with Crippen LogP contribution in [0.4, 0.5) is 11.5 Å². The van der Waals surface area contributed by atoms with Gasteiger partial charge in [0.15, 0.2) is 0 Å². The van der Waals surface area contributed by atoms with E-state index in [2.05, 4.69) is 50.0 Å². The van der Waals surface area contributed by atoms with Crippen LogP contribution in [-0.2, 0) is 0 Å². The van der Waals surface area contributed by atoms with Crippen LogP contribution in [0.5, 0.6) is 0 Å². The second-order valence-corrected chi connectivity index (χ2v) is 7.89. The molecule has 4 rings (SSSR count). The molecule has 1 fully saturated rings. The fourth-order valence-corrected chi connectivity index (χ4v) is 4.79. The summed E-state index contributed by atoms with van der Waals surface area (Å²) in [5.74, 6) is 1.09. The molecule has 1 N–H and O–H groups in total. The first-order valence-electron chi connectivity index (χ1n) is 9.40. The summed E-state index contributed by atoms with van der Waals surface area (Å²) in [5, 5.41) is 9.06. The Bertz CT molecular complexity index is 688. The number of benzene rings is 1. The van der Waals surface area contributed by atoms with Crippen molar-refractivity contribution in [1.29, 1.82) is 0 Å². The van der Waals surface area contributed by atoms with Crippen LogP contribution in [-0.4, -0.2) is 72.3 Å². The van der Waals surface area contributed by atoms with E-state index in [1.807, 2.05) is 24.0 Å². The Morgan fingerprint density at radius 1 is 0.885 bits per heavy atom. The van der Waals surface area contributed by atoms with E-state index in [4.69, 9.17) is 5.11 Å². The van der Waals surface area contributed by atoms with Crippen LogP contribution in [0.1, 0.15) is 6.42 Å². The number of aliphatic hydroxyl groups excluding tert-OH is 1. The van der Waals surface area contributed by atoms with E-state index in [1.54, 1.807) is 0 Å². The van der Waals surface area contributed by atoms with Gasteiger partial charge < -0.3 is 14.9 Å². The lowest BCUT2D eigenvalue weighted by Gasteiger charge is -2.35. The van der Waals surface area contributed by atoms with E-state index in [0.717, 1.165) is 58.1 Å². The highest BCUT2D eigenvalue weighted by Crippen LogP contribution is 2.46. The van der Waals surface area contributed by atoms with Gasteiger partial charge in [0.05, 0.1) is 17.2 Å². The summed E-state index contributed by atoms with van der Waals surface area (Å²) in [6.07, 6.45) is 3.01. The Morgan fingerprint density at radius 3 is 2.42 bits per heavy atom. The molecule has 6 heteroatoms. The van der Waals surface area contributed by atoms with Gasteiger partial charge >= 0.3 is 0 Å². The summed E-state index contributed by atoms with van der Waals surface area (Å²) >= 11 is 1.81. The largest absolute Gasteiger partial charge is 0.395 e. The number of pyridine rings is 1. The third-order valence-electron chi connectivity index (χ3n) is 5.12. The molecule has 2 aliphatic rings. The van der Waals surface area contributed by atoms with E-state index < -0.39 is 0 Å². The number of nitrogens with zero attached hydrogens (tertiary/aromatic N) is 4. The SMILES string of the molecule is OCCN1CCN(CCCN2c3ccccc3Sc3cccnc32)CC1. The zero-order chi connectivity index (χ0) is 17.8. The van der Waals surface area contributed by atoms with Crippen LogP contribution in [0.15, 0.2) is 52.4 Å². The fourth-order valence-electron chi connectivity index (χ4n) is 3.72. The Labute approximate surface area is 159 Å². The van der Waals surface area contributed by atoms with Crippen LogP contribution < -0.4 is 4.90 Å². The number of hydrogen-bond acceptors (Lipinski definition) is 6. The number of β-amino-alcohol motifs (C(OH)–C–C–N with tert-alkyl or cyclic N) is 1. The van der Waals surface area contributed by atoms with Crippen molar-refractivity contribution < 1.29 is 5.11 Å². The van der Waals surface area contributed by atoms with Gasteiger partial charge in [-0.05, 0) is 37.2 Å². The predicted octanol–water partition coefficient (Wildman–Crippen LogP) is 2.68. The Morgan fingerprint density at radius 2 is 1.62 bits per heavy atom. The summed E-state index contributed by atoms with van der Waals surface area (Å²) in [4.78, 5) is 14.5. The summed E-state index contributed by atoms with van der Waals surface area (Å²) in [6.45, 7) is 7.49. The number of hydrogen-bond donors (Lipinski definition) is 1. The maximum atomic E-state index is 9.06.